The van der Waals surface area contributed by atoms with E-state index in [2.05, 4.69) is 15.0 Å². The average molecular weight is 368 g/mol. The molecule has 2 fully saturated rings. The van der Waals surface area contributed by atoms with Crippen molar-refractivity contribution in [2.24, 2.45) is 5.92 Å². The number of aromatic nitrogens is 3. The summed E-state index contributed by atoms with van der Waals surface area (Å²) in [5, 5.41) is 0. The fraction of sp³-hybridized carbons (Fsp3) is 0.500. The van der Waals surface area contributed by atoms with Gasteiger partial charge in [0, 0.05) is 44.4 Å². The van der Waals surface area contributed by atoms with Crippen molar-refractivity contribution in [3.05, 3.63) is 48.7 Å². The van der Waals surface area contributed by atoms with Crippen molar-refractivity contribution in [2.45, 2.75) is 31.3 Å². The minimum absolute atomic E-state index is 0.0500. The third-order valence-electron chi connectivity index (χ3n) is 5.63. The van der Waals surface area contributed by atoms with E-state index in [-0.39, 0.29) is 11.5 Å². The van der Waals surface area contributed by atoms with Gasteiger partial charge >= 0.3 is 0 Å². The number of carbonyl (C=O) groups excluding carboxylic acids is 1. The van der Waals surface area contributed by atoms with Crippen molar-refractivity contribution >= 4 is 5.91 Å². The lowest BCUT2D eigenvalue weighted by Crippen LogP contribution is -2.49. The Morgan fingerprint density at radius 1 is 1.22 bits per heavy atom. The minimum Gasteiger partial charge on any atom is -0.478 e. The molecule has 2 aliphatic heterocycles. The fourth-order valence-electron chi connectivity index (χ4n) is 4.14. The van der Waals surface area contributed by atoms with Gasteiger partial charge in [-0.05, 0) is 37.7 Å². The molecule has 142 valence electrons. The molecule has 2 saturated heterocycles. The van der Waals surface area contributed by atoms with Crippen LogP contribution in [0, 0.1) is 5.92 Å². The average Bonchev–Trinajstić information content (AvgIpc) is 3.11. The number of hydrogen-bond acceptors (Lipinski definition) is 6. The molecule has 2 aromatic heterocycles. The summed E-state index contributed by atoms with van der Waals surface area (Å²) in [4.78, 5) is 26.7. The van der Waals surface area contributed by atoms with Gasteiger partial charge in [-0.25, -0.2) is 9.97 Å². The summed E-state index contributed by atoms with van der Waals surface area (Å²) >= 11 is 0. The highest BCUT2D eigenvalue weighted by molar-refractivity contribution is 5.92. The molecule has 7 nitrogen and oxygen atoms in total. The van der Waals surface area contributed by atoms with E-state index in [0.717, 1.165) is 32.3 Å². The zero-order valence-electron chi connectivity index (χ0n) is 15.3. The lowest BCUT2D eigenvalue weighted by atomic mass is 9.78. The quantitative estimate of drug-likeness (QED) is 0.806. The molecule has 2 aromatic rings. The van der Waals surface area contributed by atoms with E-state index < -0.39 is 0 Å². The first-order valence-corrected chi connectivity index (χ1v) is 9.50. The molecule has 2 aliphatic rings. The monoisotopic (exact) mass is 368 g/mol. The van der Waals surface area contributed by atoms with E-state index in [0.29, 0.717) is 37.2 Å². The number of nitrogens with zero attached hydrogens (tertiary/aromatic N) is 4. The summed E-state index contributed by atoms with van der Waals surface area (Å²) in [5.74, 6) is 1.07. The number of ether oxygens (including phenoxy) is 2. The Kier molecular flexibility index (Phi) is 5.29. The number of carbonyl (C=O) groups is 1. The van der Waals surface area contributed by atoms with Crippen LogP contribution in [0.25, 0.3) is 0 Å². The first-order valence-electron chi connectivity index (χ1n) is 9.50. The van der Waals surface area contributed by atoms with Crippen LogP contribution in [0.3, 0.4) is 0 Å². The van der Waals surface area contributed by atoms with Crippen molar-refractivity contribution < 1.29 is 14.3 Å². The van der Waals surface area contributed by atoms with Crippen LogP contribution in [-0.4, -0.2) is 57.7 Å². The molecule has 27 heavy (non-hydrogen) atoms. The van der Waals surface area contributed by atoms with Gasteiger partial charge in [-0.15, -0.1) is 0 Å². The number of pyridine rings is 1. The first-order chi connectivity index (χ1) is 13.3. The lowest BCUT2D eigenvalue weighted by molar-refractivity contribution is -0.0649. The molecular weight excluding hydrogens is 344 g/mol. The minimum atomic E-state index is -0.132. The first kappa shape index (κ1) is 17.9. The molecule has 0 saturated carbocycles. The molecule has 0 unspecified atom stereocenters. The topological polar surface area (TPSA) is 77.4 Å². The smallest absolute Gasteiger partial charge is 0.274 e. The Morgan fingerprint density at radius 3 is 2.85 bits per heavy atom. The van der Waals surface area contributed by atoms with Crippen LogP contribution in [-0.2, 0) is 4.74 Å². The Balaban J connectivity index is 1.31. The van der Waals surface area contributed by atoms with E-state index in [1.165, 1.54) is 6.20 Å². The SMILES string of the molecule is O=C(c1cnccn1)N1CCC2(CC1)OCC[C@H]2CCOc1ccccn1. The molecule has 1 spiro atoms. The van der Waals surface area contributed by atoms with E-state index in [1.54, 1.807) is 18.6 Å². The van der Waals surface area contributed by atoms with Crippen LogP contribution >= 0.6 is 0 Å². The van der Waals surface area contributed by atoms with Crippen molar-refractivity contribution in [3.8, 4) is 5.88 Å². The van der Waals surface area contributed by atoms with Crippen LogP contribution in [0.2, 0.25) is 0 Å². The molecule has 0 aromatic carbocycles. The molecule has 7 heteroatoms. The molecule has 0 radical (unpaired) electrons. The summed E-state index contributed by atoms with van der Waals surface area (Å²) in [7, 11) is 0. The van der Waals surface area contributed by atoms with Gasteiger partial charge in [-0.1, -0.05) is 6.07 Å². The normalized spacial score (nSPS) is 21.3. The second kappa shape index (κ2) is 8.00. The van der Waals surface area contributed by atoms with E-state index >= 15 is 0 Å². The highest BCUT2D eigenvalue weighted by Crippen LogP contribution is 2.42. The molecule has 1 amide bonds. The van der Waals surface area contributed by atoms with E-state index in [1.807, 2.05) is 23.1 Å². The second-order valence-corrected chi connectivity index (χ2v) is 7.09. The highest BCUT2D eigenvalue weighted by atomic mass is 16.5. The fourth-order valence-corrected chi connectivity index (χ4v) is 4.14. The molecule has 0 aliphatic carbocycles. The van der Waals surface area contributed by atoms with Crippen LogP contribution in [0.5, 0.6) is 5.88 Å². The Bertz CT molecular complexity index is 748. The summed E-state index contributed by atoms with van der Waals surface area (Å²) in [6, 6.07) is 5.67. The van der Waals surface area contributed by atoms with Crippen LogP contribution in [0.1, 0.15) is 36.2 Å². The number of hydrogen-bond donors (Lipinski definition) is 0. The number of piperidine rings is 1. The zero-order chi connectivity index (χ0) is 18.5. The lowest BCUT2D eigenvalue weighted by Gasteiger charge is -2.42. The third kappa shape index (κ3) is 3.93. The van der Waals surface area contributed by atoms with Crippen LogP contribution < -0.4 is 4.74 Å². The molecule has 4 rings (SSSR count). The molecule has 1 atom stereocenters. The van der Waals surface area contributed by atoms with E-state index in [4.69, 9.17) is 9.47 Å². The third-order valence-corrected chi connectivity index (χ3v) is 5.63. The zero-order valence-corrected chi connectivity index (χ0v) is 15.3. The number of amides is 1. The van der Waals surface area contributed by atoms with Gasteiger partial charge in [0.2, 0.25) is 5.88 Å². The van der Waals surface area contributed by atoms with Gasteiger partial charge in [0.15, 0.2) is 0 Å². The molecular formula is C20H24N4O3. The van der Waals surface area contributed by atoms with E-state index in [9.17, 15) is 4.79 Å². The Hall–Kier alpha value is -2.54. The van der Waals surface area contributed by atoms with Gasteiger partial charge in [-0.2, -0.15) is 0 Å². The summed E-state index contributed by atoms with van der Waals surface area (Å²) in [6.07, 6.45) is 10.1. The highest BCUT2D eigenvalue weighted by Gasteiger charge is 2.46. The molecule has 0 bridgehead atoms. The largest absolute Gasteiger partial charge is 0.478 e. The maximum Gasteiger partial charge on any atom is 0.274 e. The predicted molar refractivity (Wildman–Crippen MR) is 98.3 cm³/mol. The maximum absolute atomic E-state index is 12.6. The summed E-state index contributed by atoms with van der Waals surface area (Å²) in [6.45, 7) is 2.79. The second-order valence-electron chi connectivity index (χ2n) is 7.09. The van der Waals surface area contributed by atoms with Crippen molar-refractivity contribution in [3.63, 3.8) is 0 Å². The number of likely N-dealkylation sites (tertiary alicyclic amines) is 1. The van der Waals surface area contributed by atoms with Gasteiger partial charge < -0.3 is 14.4 Å². The van der Waals surface area contributed by atoms with Crippen molar-refractivity contribution in [1.29, 1.82) is 0 Å². The Morgan fingerprint density at radius 2 is 2.11 bits per heavy atom. The van der Waals surface area contributed by atoms with Gasteiger partial charge in [0.1, 0.15) is 5.69 Å². The summed E-state index contributed by atoms with van der Waals surface area (Å²) in [5.41, 5.74) is 0.271. The predicted octanol–water partition coefficient (Wildman–Crippen LogP) is 2.35. The van der Waals surface area contributed by atoms with Gasteiger partial charge in [0.25, 0.3) is 5.91 Å². The van der Waals surface area contributed by atoms with Gasteiger partial charge in [-0.3, -0.25) is 9.78 Å². The molecule has 0 N–H and O–H groups in total. The maximum atomic E-state index is 12.6. The van der Waals surface area contributed by atoms with Crippen LogP contribution in [0.15, 0.2) is 43.0 Å². The standard InChI is InChI=1S/C20H24N4O3/c25-19(17-15-21-9-10-22-17)24-11-6-20(7-12-24)16(5-14-27-20)4-13-26-18-3-1-2-8-23-18/h1-3,8-10,15-16H,4-7,11-14H2/t16-/m1/s1. The van der Waals surface area contributed by atoms with Crippen LogP contribution in [0.4, 0.5) is 0 Å². The Labute approximate surface area is 158 Å². The van der Waals surface area contributed by atoms with Crippen molar-refractivity contribution in [2.75, 3.05) is 26.3 Å². The van der Waals surface area contributed by atoms with Gasteiger partial charge in [0.05, 0.1) is 18.4 Å². The molecule has 4 heterocycles. The summed E-state index contributed by atoms with van der Waals surface area (Å²) < 4.78 is 12.0. The number of rotatable bonds is 5. The van der Waals surface area contributed by atoms with Crippen molar-refractivity contribution in [1.82, 2.24) is 19.9 Å².